The fourth-order valence-electron chi connectivity index (χ4n) is 3.44. The third-order valence-corrected chi connectivity index (χ3v) is 8.25. The number of aromatic nitrogens is 1. The van der Waals surface area contributed by atoms with Crippen LogP contribution >= 0.6 is 11.3 Å². The number of fused-ring (bicyclic) bond motifs is 1. The molecular formula is C24H25N5O5S2. The Morgan fingerprint density at radius 3 is 2.33 bits per heavy atom. The lowest BCUT2D eigenvalue weighted by molar-refractivity contribution is 0.0997. The Morgan fingerprint density at radius 1 is 1.08 bits per heavy atom. The van der Waals surface area contributed by atoms with Crippen LogP contribution in [-0.2, 0) is 21.3 Å². The minimum Gasteiger partial charge on any atom is -0.497 e. The number of carbonyl (C=O) groups excluding carboxylic acids is 1. The molecule has 0 spiro atoms. The van der Waals surface area contributed by atoms with Crippen molar-refractivity contribution in [1.29, 1.82) is 10.5 Å². The van der Waals surface area contributed by atoms with E-state index in [1.54, 1.807) is 14.2 Å². The van der Waals surface area contributed by atoms with Crippen molar-refractivity contribution in [3.05, 3.63) is 52.8 Å². The van der Waals surface area contributed by atoms with E-state index in [4.69, 9.17) is 20.0 Å². The molecule has 0 saturated heterocycles. The van der Waals surface area contributed by atoms with Gasteiger partial charge in [-0.15, -0.1) is 0 Å². The Balaban J connectivity index is 1.93. The van der Waals surface area contributed by atoms with Crippen LogP contribution in [0.5, 0.6) is 5.75 Å². The lowest BCUT2D eigenvalue weighted by Gasteiger charge is -2.20. The molecule has 10 nitrogen and oxygen atoms in total. The van der Waals surface area contributed by atoms with Gasteiger partial charge >= 0.3 is 0 Å². The van der Waals surface area contributed by atoms with Crippen LogP contribution in [0.4, 0.5) is 0 Å². The van der Waals surface area contributed by atoms with E-state index in [0.717, 1.165) is 14.5 Å². The molecule has 1 amide bonds. The van der Waals surface area contributed by atoms with Crippen LogP contribution in [0.15, 0.2) is 52.4 Å². The van der Waals surface area contributed by atoms with Crippen molar-refractivity contribution in [3.63, 3.8) is 0 Å². The van der Waals surface area contributed by atoms with E-state index < -0.39 is 15.9 Å². The van der Waals surface area contributed by atoms with Crippen LogP contribution in [0.25, 0.3) is 10.2 Å². The monoisotopic (exact) mass is 527 g/mol. The Labute approximate surface area is 213 Å². The summed E-state index contributed by atoms with van der Waals surface area (Å²) in [5.74, 6) is 0.172. The van der Waals surface area contributed by atoms with Gasteiger partial charge in [-0.25, -0.2) is 8.42 Å². The largest absolute Gasteiger partial charge is 0.497 e. The predicted octanol–water partition coefficient (Wildman–Crippen LogP) is 2.92. The van der Waals surface area contributed by atoms with Crippen LogP contribution in [0.3, 0.4) is 0 Å². The molecule has 0 radical (unpaired) electrons. The molecule has 1 aromatic heterocycles. The number of rotatable bonds is 11. The van der Waals surface area contributed by atoms with Gasteiger partial charge in [0.2, 0.25) is 10.0 Å². The molecule has 0 bridgehead atoms. The molecule has 3 aromatic rings. The van der Waals surface area contributed by atoms with E-state index in [1.807, 2.05) is 34.9 Å². The Morgan fingerprint density at radius 2 is 1.75 bits per heavy atom. The molecule has 2 aromatic carbocycles. The molecule has 188 valence electrons. The first-order valence-electron chi connectivity index (χ1n) is 10.9. The van der Waals surface area contributed by atoms with E-state index >= 15 is 0 Å². The highest BCUT2D eigenvalue weighted by atomic mass is 32.2. The van der Waals surface area contributed by atoms with E-state index in [-0.39, 0.29) is 36.4 Å². The molecule has 1 heterocycles. The molecule has 36 heavy (non-hydrogen) atoms. The van der Waals surface area contributed by atoms with Crippen LogP contribution in [0.2, 0.25) is 0 Å². The maximum atomic E-state index is 13.0. The van der Waals surface area contributed by atoms with Crippen LogP contribution in [0.1, 0.15) is 23.2 Å². The van der Waals surface area contributed by atoms with Crippen molar-refractivity contribution >= 4 is 37.5 Å². The molecule has 0 aliphatic heterocycles. The van der Waals surface area contributed by atoms with Crippen molar-refractivity contribution in [2.45, 2.75) is 24.3 Å². The molecule has 3 rings (SSSR count). The quantitative estimate of drug-likeness (QED) is 0.374. The summed E-state index contributed by atoms with van der Waals surface area (Å²) in [6.45, 7) is 0.886. The average molecular weight is 528 g/mol. The average Bonchev–Trinajstić information content (AvgIpc) is 3.23. The van der Waals surface area contributed by atoms with Gasteiger partial charge in [0.1, 0.15) is 5.75 Å². The molecule has 0 saturated carbocycles. The predicted molar refractivity (Wildman–Crippen MR) is 134 cm³/mol. The highest BCUT2D eigenvalue weighted by Crippen LogP contribution is 2.23. The molecular weight excluding hydrogens is 502 g/mol. The number of carbonyl (C=O) groups is 1. The first-order chi connectivity index (χ1) is 17.3. The Hall–Kier alpha value is -3.55. The Kier molecular flexibility index (Phi) is 9.33. The molecule has 0 aliphatic carbocycles. The van der Waals surface area contributed by atoms with Crippen molar-refractivity contribution in [2.24, 2.45) is 4.99 Å². The van der Waals surface area contributed by atoms with Gasteiger partial charge in [-0.05, 0) is 42.5 Å². The number of thiazole rings is 1. The minimum absolute atomic E-state index is 0.00419. The van der Waals surface area contributed by atoms with Gasteiger partial charge in [-0.3, -0.25) is 4.79 Å². The number of nitriles is 2. The number of amides is 1. The van der Waals surface area contributed by atoms with Crippen molar-refractivity contribution < 1.29 is 22.7 Å². The summed E-state index contributed by atoms with van der Waals surface area (Å²) in [5, 5.41) is 17.7. The Bertz CT molecular complexity index is 1460. The molecule has 0 unspecified atom stereocenters. The zero-order chi connectivity index (χ0) is 26.1. The number of ether oxygens (including phenoxy) is 2. The van der Waals surface area contributed by atoms with Crippen LogP contribution < -0.4 is 9.54 Å². The number of nitrogens with zero attached hydrogens (tertiary/aromatic N) is 5. The number of hydrogen-bond acceptors (Lipinski definition) is 8. The van der Waals surface area contributed by atoms with Gasteiger partial charge in [0, 0.05) is 45.1 Å². The van der Waals surface area contributed by atoms with Gasteiger partial charge in [0.25, 0.3) is 5.91 Å². The van der Waals surface area contributed by atoms with Crippen molar-refractivity contribution in [1.82, 2.24) is 8.87 Å². The smallest absolute Gasteiger partial charge is 0.279 e. The lowest BCUT2D eigenvalue weighted by Crippen LogP contribution is -2.32. The van der Waals surface area contributed by atoms with E-state index in [2.05, 4.69) is 4.99 Å². The summed E-state index contributed by atoms with van der Waals surface area (Å²) in [6, 6.07) is 14.9. The third kappa shape index (κ3) is 6.17. The van der Waals surface area contributed by atoms with Gasteiger partial charge < -0.3 is 14.0 Å². The lowest BCUT2D eigenvalue weighted by atomic mass is 10.2. The summed E-state index contributed by atoms with van der Waals surface area (Å²) < 4.78 is 40.4. The topological polar surface area (TPSA) is 138 Å². The summed E-state index contributed by atoms with van der Waals surface area (Å²) in [5.41, 5.74) is 1.11. The molecule has 0 N–H and O–H groups in total. The number of sulfonamides is 1. The maximum Gasteiger partial charge on any atom is 0.279 e. The fraction of sp³-hybridized carbons (Fsp3) is 0.333. The second-order valence-electron chi connectivity index (χ2n) is 7.52. The van der Waals surface area contributed by atoms with Crippen LogP contribution in [0, 0.1) is 22.7 Å². The van der Waals surface area contributed by atoms with Crippen molar-refractivity contribution in [2.75, 3.05) is 33.9 Å². The zero-order valence-electron chi connectivity index (χ0n) is 19.9. The fourth-order valence-corrected chi connectivity index (χ4v) is 5.96. The number of hydrogen-bond donors (Lipinski definition) is 0. The summed E-state index contributed by atoms with van der Waals surface area (Å²) in [4.78, 5) is 17.7. The van der Waals surface area contributed by atoms with Gasteiger partial charge in [-0.1, -0.05) is 11.3 Å². The molecule has 0 aliphatic rings. The van der Waals surface area contributed by atoms with Gasteiger partial charge in [-0.2, -0.15) is 19.8 Å². The number of benzene rings is 2. The highest BCUT2D eigenvalue weighted by Gasteiger charge is 2.24. The van der Waals surface area contributed by atoms with E-state index in [9.17, 15) is 13.2 Å². The SMILES string of the molecule is COCCn1c(=NC(=O)c2ccc(S(=O)(=O)N(CCC#N)CCC#N)cc2)sc2cc(OC)ccc21. The second kappa shape index (κ2) is 12.4. The van der Waals surface area contributed by atoms with Gasteiger partial charge in [0.05, 0.1) is 41.0 Å². The van der Waals surface area contributed by atoms with E-state index in [1.165, 1.54) is 35.6 Å². The summed E-state index contributed by atoms with van der Waals surface area (Å²) >= 11 is 1.34. The first kappa shape index (κ1) is 27.0. The second-order valence-corrected chi connectivity index (χ2v) is 10.5. The standard InChI is InChI=1S/C24H25N5O5S2/c1-33-16-15-29-21-10-7-19(34-2)17-22(21)35-24(29)27-23(30)18-5-8-20(9-6-18)36(31,32)28(13-3-11-25)14-4-12-26/h5-10,17H,3-4,13-16H2,1-2H3. The zero-order valence-corrected chi connectivity index (χ0v) is 21.5. The number of methoxy groups -OCH3 is 2. The van der Waals surface area contributed by atoms with Crippen LogP contribution in [-0.4, -0.2) is 57.1 Å². The molecule has 0 atom stereocenters. The first-order valence-corrected chi connectivity index (χ1v) is 13.2. The molecule has 0 fully saturated rings. The highest BCUT2D eigenvalue weighted by molar-refractivity contribution is 7.89. The summed E-state index contributed by atoms with van der Waals surface area (Å²) in [6.07, 6.45) is 0.00837. The molecule has 12 heteroatoms. The maximum absolute atomic E-state index is 13.0. The van der Waals surface area contributed by atoms with Gasteiger partial charge in [0.15, 0.2) is 4.80 Å². The summed E-state index contributed by atoms with van der Waals surface area (Å²) in [7, 11) is -0.750. The van der Waals surface area contributed by atoms with Crippen molar-refractivity contribution in [3.8, 4) is 17.9 Å². The normalized spacial score (nSPS) is 12.0. The third-order valence-electron chi connectivity index (χ3n) is 5.29. The van der Waals surface area contributed by atoms with E-state index in [0.29, 0.717) is 23.7 Å². The minimum atomic E-state index is -3.93.